The highest BCUT2D eigenvalue weighted by Crippen LogP contribution is 2.26. The number of nitrogens with one attached hydrogen (secondary N) is 2. The molecule has 1 amide bonds. The van der Waals surface area contributed by atoms with Crippen LogP contribution >= 0.6 is 12.4 Å². The Morgan fingerprint density at radius 1 is 1.36 bits per heavy atom. The summed E-state index contributed by atoms with van der Waals surface area (Å²) in [5, 5.41) is 5.79. The van der Waals surface area contributed by atoms with E-state index in [1.807, 2.05) is 0 Å². The van der Waals surface area contributed by atoms with Crippen LogP contribution in [0.5, 0.6) is 5.75 Å². The number of piperidine rings is 1. The van der Waals surface area contributed by atoms with Crippen molar-refractivity contribution in [2.75, 3.05) is 13.1 Å². The monoisotopic (exact) mass is 338 g/mol. The minimum atomic E-state index is -4.74. The molecular formula is C14H18ClF3N2O2. The Morgan fingerprint density at radius 2 is 2.09 bits per heavy atom. The maximum Gasteiger partial charge on any atom is 0.573 e. The number of benzene rings is 1. The third-order valence-corrected chi connectivity index (χ3v) is 3.32. The summed E-state index contributed by atoms with van der Waals surface area (Å²) in [7, 11) is 0. The van der Waals surface area contributed by atoms with Crippen LogP contribution in [0.15, 0.2) is 24.3 Å². The zero-order chi connectivity index (χ0) is 15.3. The van der Waals surface area contributed by atoms with Gasteiger partial charge in [-0.05, 0) is 25.5 Å². The highest BCUT2D eigenvalue weighted by molar-refractivity contribution is 5.85. The lowest BCUT2D eigenvalue weighted by Crippen LogP contribution is -2.40. The molecule has 1 fully saturated rings. The van der Waals surface area contributed by atoms with Gasteiger partial charge in [-0.1, -0.05) is 18.2 Å². The second-order valence-corrected chi connectivity index (χ2v) is 4.92. The van der Waals surface area contributed by atoms with Crippen LogP contribution in [0.1, 0.15) is 18.4 Å². The van der Waals surface area contributed by atoms with Gasteiger partial charge in [-0.15, -0.1) is 25.6 Å². The van der Waals surface area contributed by atoms with Crippen molar-refractivity contribution in [3.8, 4) is 5.75 Å². The van der Waals surface area contributed by atoms with E-state index in [4.69, 9.17) is 0 Å². The van der Waals surface area contributed by atoms with Crippen LogP contribution in [0.4, 0.5) is 13.2 Å². The predicted octanol–water partition coefficient (Wildman–Crippen LogP) is 2.62. The molecule has 1 heterocycles. The molecule has 1 aromatic rings. The minimum absolute atomic E-state index is 0. The Morgan fingerprint density at radius 3 is 2.73 bits per heavy atom. The van der Waals surface area contributed by atoms with Gasteiger partial charge < -0.3 is 15.4 Å². The van der Waals surface area contributed by atoms with Crippen LogP contribution in [-0.2, 0) is 11.3 Å². The second kappa shape index (κ2) is 8.24. The quantitative estimate of drug-likeness (QED) is 0.887. The highest BCUT2D eigenvalue weighted by atomic mass is 35.5. The number of amides is 1. The fraction of sp³-hybridized carbons (Fsp3) is 0.500. The molecule has 2 rings (SSSR count). The van der Waals surface area contributed by atoms with Crippen LogP contribution in [0.3, 0.4) is 0 Å². The molecule has 22 heavy (non-hydrogen) atoms. The van der Waals surface area contributed by atoms with E-state index in [1.54, 1.807) is 6.07 Å². The lowest BCUT2D eigenvalue weighted by Gasteiger charge is -2.22. The second-order valence-electron chi connectivity index (χ2n) is 4.92. The molecule has 0 aromatic heterocycles. The average molecular weight is 339 g/mol. The summed E-state index contributed by atoms with van der Waals surface area (Å²) in [6.07, 6.45) is -3.03. The van der Waals surface area contributed by atoms with Crippen molar-refractivity contribution >= 4 is 18.3 Å². The first-order valence-electron chi connectivity index (χ1n) is 6.78. The van der Waals surface area contributed by atoms with E-state index in [0.29, 0.717) is 12.1 Å². The van der Waals surface area contributed by atoms with Gasteiger partial charge in [0.2, 0.25) is 5.91 Å². The van der Waals surface area contributed by atoms with Crippen molar-refractivity contribution in [1.29, 1.82) is 0 Å². The topological polar surface area (TPSA) is 50.4 Å². The fourth-order valence-corrected chi connectivity index (χ4v) is 2.28. The number of carbonyl (C=O) groups is 1. The summed E-state index contributed by atoms with van der Waals surface area (Å²) in [6.45, 7) is 1.51. The minimum Gasteiger partial charge on any atom is -0.405 e. The van der Waals surface area contributed by atoms with Gasteiger partial charge in [0, 0.05) is 18.7 Å². The Hall–Kier alpha value is -1.47. The summed E-state index contributed by atoms with van der Waals surface area (Å²) in [6, 6.07) is 5.79. The van der Waals surface area contributed by atoms with Crippen molar-refractivity contribution in [3.05, 3.63) is 29.8 Å². The predicted molar refractivity (Wildman–Crippen MR) is 77.8 cm³/mol. The normalized spacial score (nSPS) is 18.2. The average Bonchev–Trinajstić information content (AvgIpc) is 2.45. The molecule has 0 aliphatic carbocycles. The first-order valence-corrected chi connectivity index (χ1v) is 6.78. The van der Waals surface area contributed by atoms with Crippen LogP contribution in [0.2, 0.25) is 0 Å². The van der Waals surface area contributed by atoms with E-state index < -0.39 is 6.36 Å². The van der Waals surface area contributed by atoms with Crippen molar-refractivity contribution < 1.29 is 22.7 Å². The zero-order valence-electron chi connectivity index (χ0n) is 11.8. The summed E-state index contributed by atoms with van der Waals surface area (Å²) < 4.78 is 40.8. The Bertz CT molecular complexity index is 491. The van der Waals surface area contributed by atoms with E-state index in [-0.39, 0.29) is 36.5 Å². The van der Waals surface area contributed by atoms with Crippen LogP contribution in [0.25, 0.3) is 0 Å². The molecule has 1 unspecified atom stereocenters. The molecule has 1 aromatic carbocycles. The number of ether oxygens (including phenoxy) is 1. The van der Waals surface area contributed by atoms with Crippen LogP contribution < -0.4 is 15.4 Å². The maximum atomic E-state index is 12.3. The molecule has 0 saturated carbocycles. The third-order valence-electron chi connectivity index (χ3n) is 3.32. The van der Waals surface area contributed by atoms with Crippen molar-refractivity contribution in [2.24, 2.45) is 5.92 Å². The van der Waals surface area contributed by atoms with Gasteiger partial charge in [-0.25, -0.2) is 0 Å². The van der Waals surface area contributed by atoms with Crippen molar-refractivity contribution in [1.82, 2.24) is 10.6 Å². The number of halogens is 4. The molecule has 4 nitrogen and oxygen atoms in total. The van der Waals surface area contributed by atoms with E-state index >= 15 is 0 Å². The molecule has 124 valence electrons. The van der Waals surface area contributed by atoms with Gasteiger partial charge in [0.15, 0.2) is 0 Å². The Kier molecular flexibility index (Phi) is 6.96. The summed E-state index contributed by atoms with van der Waals surface area (Å²) >= 11 is 0. The number of alkyl halides is 3. The number of rotatable bonds is 4. The van der Waals surface area contributed by atoms with E-state index in [2.05, 4.69) is 15.4 Å². The molecular weight excluding hydrogens is 321 g/mol. The molecule has 0 radical (unpaired) electrons. The molecule has 2 N–H and O–H groups in total. The zero-order valence-corrected chi connectivity index (χ0v) is 12.6. The van der Waals surface area contributed by atoms with E-state index in [0.717, 1.165) is 19.4 Å². The molecule has 0 spiro atoms. The van der Waals surface area contributed by atoms with Gasteiger partial charge in [-0.3, -0.25) is 4.79 Å². The molecule has 1 saturated heterocycles. The Balaban J connectivity index is 0.00000242. The largest absolute Gasteiger partial charge is 0.573 e. The molecule has 0 bridgehead atoms. The van der Waals surface area contributed by atoms with E-state index in [9.17, 15) is 18.0 Å². The number of para-hydroxylation sites is 1. The lowest BCUT2D eigenvalue weighted by molar-refractivity contribution is -0.274. The maximum absolute atomic E-state index is 12.3. The fourth-order valence-electron chi connectivity index (χ4n) is 2.28. The molecule has 1 aliphatic rings. The van der Waals surface area contributed by atoms with Crippen molar-refractivity contribution in [3.63, 3.8) is 0 Å². The van der Waals surface area contributed by atoms with Gasteiger partial charge >= 0.3 is 6.36 Å². The molecule has 1 aliphatic heterocycles. The number of carbonyl (C=O) groups excluding carboxylic acids is 1. The van der Waals surface area contributed by atoms with Gasteiger partial charge in [0.1, 0.15) is 5.75 Å². The number of hydrogen-bond donors (Lipinski definition) is 2. The lowest BCUT2D eigenvalue weighted by atomic mass is 9.99. The molecule has 8 heteroatoms. The highest BCUT2D eigenvalue weighted by Gasteiger charge is 2.32. The summed E-state index contributed by atoms with van der Waals surface area (Å²) in [5.74, 6) is -0.564. The van der Waals surface area contributed by atoms with E-state index in [1.165, 1.54) is 18.2 Å². The Labute approximate surface area is 132 Å². The summed E-state index contributed by atoms with van der Waals surface area (Å²) in [5.41, 5.74) is 0.298. The number of hydrogen-bond acceptors (Lipinski definition) is 3. The van der Waals surface area contributed by atoms with Crippen molar-refractivity contribution in [2.45, 2.75) is 25.7 Å². The van der Waals surface area contributed by atoms with Gasteiger partial charge in [0.05, 0.1) is 5.92 Å². The van der Waals surface area contributed by atoms with Gasteiger partial charge in [-0.2, -0.15) is 0 Å². The first kappa shape index (κ1) is 18.6. The molecule has 1 atom stereocenters. The summed E-state index contributed by atoms with van der Waals surface area (Å²) in [4.78, 5) is 12.0. The van der Waals surface area contributed by atoms with Crippen LogP contribution in [0, 0.1) is 5.92 Å². The SMILES string of the molecule is Cl.O=C(NCc1ccccc1OC(F)(F)F)C1CCCNC1. The smallest absolute Gasteiger partial charge is 0.405 e. The van der Waals surface area contributed by atoms with Gasteiger partial charge in [0.25, 0.3) is 0 Å². The standard InChI is InChI=1S/C14H17F3N2O2.ClH/c15-14(16,17)21-12-6-2-1-4-10(12)9-19-13(20)11-5-3-7-18-8-11;/h1-2,4,6,11,18H,3,5,7-9H2,(H,19,20);1H. The van der Waals surface area contributed by atoms with Crippen LogP contribution in [-0.4, -0.2) is 25.4 Å². The third kappa shape index (κ3) is 5.73. The first-order chi connectivity index (χ1) is 9.96.